The van der Waals surface area contributed by atoms with Crippen LogP contribution in [0.2, 0.25) is 5.02 Å². The summed E-state index contributed by atoms with van der Waals surface area (Å²) >= 11 is 9.35. The summed E-state index contributed by atoms with van der Waals surface area (Å²) in [6.45, 7) is -0.248. The van der Waals surface area contributed by atoms with Gasteiger partial charge in [-0.15, -0.1) is 0 Å². The summed E-state index contributed by atoms with van der Waals surface area (Å²) in [6, 6.07) is 12.2. The molecule has 2 rings (SSSR count). The van der Waals surface area contributed by atoms with Crippen molar-refractivity contribution in [1.82, 2.24) is 0 Å². The van der Waals surface area contributed by atoms with Crippen molar-refractivity contribution >= 4 is 39.1 Å². The molecule has 0 aliphatic carbocycles. The van der Waals surface area contributed by atoms with Crippen LogP contribution in [0.3, 0.4) is 0 Å². The lowest BCUT2D eigenvalue weighted by Crippen LogP contribution is -2.20. The molecule has 0 fully saturated rings. The molecular weight excluding hydrogens is 358 g/mol. The molecule has 0 unspecified atom stereocenters. The predicted octanol–water partition coefficient (Wildman–Crippen LogP) is 3.61. The van der Waals surface area contributed by atoms with Gasteiger partial charge >= 0.3 is 0 Å². The molecule has 6 heteroatoms. The second kappa shape index (κ2) is 7.45. The van der Waals surface area contributed by atoms with Crippen molar-refractivity contribution in [3.8, 4) is 5.75 Å². The number of rotatable bonds is 5. The maximum absolute atomic E-state index is 11.8. The number of amides is 1. The summed E-state index contributed by atoms with van der Waals surface area (Å²) in [5.74, 6) is 0.111. The zero-order valence-corrected chi connectivity index (χ0v) is 13.3. The first-order valence-corrected chi connectivity index (χ1v) is 7.33. The highest BCUT2D eigenvalue weighted by Gasteiger charge is 2.08. The Bertz CT molecular complexity index is 649. The Morgan fingerprint density at radius 3 is 2.71 bits per heavy atom. The van der Waals surface area contributed by atoms with Gasteiger partial charge in [-0.05, 0) is 45.8 Å². The number of halogens is 2. The quantitative estimate of drug-likeness (QED) is 0.845. The van der Waals surface area contributed by atoms with Gasteiger partial charge < -0.3 is 15.2 Å². The van der Waals surface area contributed by atoms with Crippen LogP contribution in [0.1, 0.15) is 5.56 Å². The van der Waals surface area contributed by atoms with Crippen LogP contribution in [-0.4, -0.2) is 17.6 Å². The molecule has 0 heterocycles. The Balaban J connectivity index is 1.94. The smallest absolute Gasteiger partial charge is 0.262 e. The molecule has 0 spiro atoms. The van der Waals surface area contributed by atoms with Gasteiger partial charge in [0.2, 0.25) is 0 Å². The van der Waals surface area contributed by atoms with Crippen molar-refractivity contribution in [3.05, 3.63) is 57.5 Å². The molecule has 0 saturated carbocycles. The van der Waals surface area contributed by atoms with Crippen molar-refractivity contribution in [3.63, 3.8) is 0 Å². The zero-order chi connectivity index (χ0) is 15.2. The lowest BCUT2D eigenvalue weighted by atomic mass is 10.2. The van der Waals surface area contributed by atoms with E-state index in [1.165, 1.54) is 0 Å². The fourth-order valence-corrected chi connectivity index (χ4v) is 2.29. The number of hydrogen-bond donors (Lipinski definition) is 2. The van der Waals surface area contributed by atoms with E-state index in [1.54, 1.807) is 24.3 Å². The van der Waals surface area contributed by atoms with Crippen LogP contribution in [0.5, 0.6) is 5.75 Å². The number of ether oxygens (including phenoxy) is 1. The minimum absolute atomic E-state index is 0.0947. The molecule has 2 aromatic rings. The first-order valence-electron chi connectivity index (χ1n) is 6.16. The van der Waals surface area contributed by atoms with Gasteiger partial charge in [0.25, 0.3) is 5.91 Å². The predicted molar refractivity (Wildman–Crippen MR) is 85.6 cm³/mol. The standard InChI is InChI=1S/C15H13BrClNO3/c16-11-3-1-2-4-13(11)18-15(20)9-21-14-6-5-10(8-19)7-12(14)17/h1-7,19H,8-9H2,(H,18,20). The molecule has 1 amide bonds. The van der Waals surface area contributed by atoms with Crippen molar-refractivity contribution < 1.29 is 14.6 Å². The van der Waals surface area contributed by atoms with Crippen molar-refractivity contribution in [2.24, 2.45) is 0 Å². The molecule has 0 radical (unpaired) electrons. The summed E-state index contributed by atoms with van der Waals surface area (Å²) in [5.41, 5.74) is 1.36. The van der Waals surface area contributed by atoms with E-state index in [2.05, 4.69) is 21.2 Å². The van der Waals surface area contributed by atoms with Gasteiger partial charge in [-0.2, -0.15) is 0 Å². The molecule has 0 aromatic heterocycles. The van der Waals surface area contributed by atoms with E-state index >= 15 is 0 Å². The van der Waals surface area contributed by atoms with Crippen molar-refractivity contribution in [1.29, 1.82) is 0 Å². The topological polar surface area (TPSA) is 58.6 Å². The fraction of sp³-hybridized carbons (Fsp3) is 0.133. The van der Waals surface area contributed by atoms with Crippen LogP contribution in [0.4, 0.5) is 5.69 Å². The lowest BCUT2D eigenvalue weighted by Gasteiger charge is -2.10. The van der Waals surface area contributed by atoms with Crippen molar-refractivity contribution in [2.45, 2.75) is 6.61 Å². The van der Waals surface area contributed by atoms with Crippen LogP contribution in [0.25, 0.3) is 0 Å². The Hall–Kier alpha value is -1.56. The Morgan fingerprint density at radius 1 is 1.29 bits per heavy atom. The number of carbonyl (C=O) groups excluding carboxylic acids is 1. The van der Waals surface area contributed by atoms with Gasteiger partial charge in [0.05, 0.1) is 17.3 Å². The Kier molecular flexibility index (Phi) is 5.61. The summed E-state index contributed by atoms with van der Waals surface area (Å²) in [7, 11) is 0. The SMILES string of the molecule is O=C(COc1ccc(CO)cc1Cl)Nc1ccccc1Br. The molecule has 0 bridgehead atoms. The lowest BCUT2D eigenvalue weighted by molar-refractivity contribution is -0.118. The third kappa shape index (κ3) is 4.46. The molecule has 0 atom stereocenters. The number of aliphatic hydroxyl groups excluding tert-OH is 1. The van der Waals surface area contributed by atoms with E-state index in [0.29, 0.717) is 22.0 Å². The molecule has 110 valence electrons. The van der Waals surface area contributed by atoms with E-state index in [-0.39, 0.29) is 19.1 Å². The second-order valence-corrected chi connectivity index (χ2v) is 5.50. The van der Waals surface area contributed by atoms with Crippen LogP contribution in [0.15, 0.2) is 46.9 Å². The zero-order valence-electron chi connectivity index (χ0n) is 11.0. The number of nitrogens with one attached hydrogen (secondary N) is 1. The van der Waals surface area contributed by atoms with E-state index in [1.807, 2.05) is 18.2 Å². The number of anilines is 1. The maximum atomic E-state index is 11.8. The number of carbonyl (C=O) groups is 1. The number of para-hydroxylation sites is 1. The molecule has 0 saturated heterocycles. The average molecular weight is 371 g/mol. The van der Waals surface area contributed by atoms with Gasteiger partial charge in [-0.3, -0.25) is 4.79 Å². The van der Waals surface area contributed by atoms with Gasteiger partial charge in [-0.1, -0.05) is 29.8 Å². The third-order valence-corrected chi connectivity index (χ3v) is 3.67. The average Bonchev–Trinajstić information content (AvgIpc) is 2.48. The number of aliphatic hydroxyl groups is 1. The summed E-state index contributed by atoms with van der Waals surface area (Å²) in [4.78, 5) is 11.8. The van der Waals surface area contributed by atoms with Crippen LogP contribution in [-0.2, 0) is 11.4 Å². The normalized spacial score (nSPS) is 10.2. The fourth-order valence-electron chi connectivity index (χ4n) is 1.65. The second-order valence-electron chi connectivity index (χ2n) is 4.24. The van der Waals surface area contributed by atoms with Gasteiger partial charge in [0.1, 0.15) is 5.75 Å². The number of benzene rings is 2. The highest BCUT2D eigenvalue weighted by atomic mass is 79.9. The minimum atomic E-state index is -0.288. The van der Waals surface area contributed by atoms with Gasteiger partial charge in [0, 0.05) is 4.47 Å². The molecule has 2 N–H and O–H groups in total. The van der Waals surface area contributed by atoms with Gasteiger partial charge in [0.15, 0.2) is 6.61 Å². The van der Waals surface area contributed by atoms with E-state index < -0.39 is 0 Å². The molecule has 2 aromatic carbocycles. The first-order chi connectivity index (χ1) is 10.1. The summed E-state index contributed by atoms with van der Waals surface area (Å²) < 4.78 is 6.16. The van der Waals surface area contributed by atoms with Crippen LogP contribution >= 0.6 is 27.5 Å². The largest absolute Gasteiger partial charge is 0.482 e. The molecule has 21 heavy (non-hydrogen) atoms. The summed E-state index contributed by atoms with van der Waals surface area (Å²) in [5, 5.41) is 12.1. The highest BCUT2D eigenvalue weighted by molar-refractivity contribution is 9.10. The van der Waals surface area contributed by atoms with Crippen molar-refractivity contribution in [2.75, 3.05) is 11.9 Å². The maximum Gasteiger partial charge on any atom is 0.262 e. The minimum Gasteiger partial charge on any atom is -0.482 e. The monoisotopic (exact) mass is 369 g/mol. The molecule has 4 nitrogen and oxygen atoms in total. The third-order valence-electron chi connectivity index (χ3n) is 2.69. The van der Waals surface area contributed by atoms with Crippen LogP contribution in [0, 0.1) is 0 Å². The Morgan fingerprint density at radius 2 is 2.05 bits per heavy atom. The van der Waals surface area contributed by atoms with E-state index in [4.69, 9.17) is 21.4 Å². The van der Waals surface area contributed by atoms with E-state index in [0.717, 1.165) is 4.47 Å². The van der Waals surface area contributed by atoms with Crippen LogP contribution < -0.4 is 10.1 Å². The molecule has 0 aliphatic heterocycles. The molecular formula is C15H13BrClNO3. The van der Waals surface area contributed by atoms with E-state index in [9.17, 15) is 4.79 Å². The Labute approximate surface area is 135 Å². The summed E-state index contributed by atoms with van der Waals surface area (Å²) in [6.07, 6.45) is 0. The highest BCUT2D eigenvalue weighted by Crippen LogP contribution is 2.26. The first kappa shape index (κ1) is 15.8. The van der Waals surface area contributed by atoms with Gasteiger partial charge in [-0.25, -0.2) is 0 Å². The number of hydrogen-bond acceptors (Lipinski definition) is 3. The molecule has 0 aliphatic rings.